The molecular weight excluding hydrogens is 432 g/mol. The van der Waals surface area contributed by atoms with Crippen molar-refractivity contribution in [3.8, 4) is 0 Å². The van der Waals surface area contributed by atoms with Gasteiger partial charge < -0.3 is 19.3 Å². The molecule has 2 saturated carbocycles. The number of fused-ring (bicyclic) bond motifs is 5. The molecule has 2 unspecified atom stereocenters. The van der Waals surface area contributed by atoms with Crippen molar-refractivity contribution in [3.05, 3.63) is 34.9 Å². The zero-order valence-corrected chi connectivity index (χ0v) is 21.6. The van der Waals surface area contributed by atoms with E-state index in [0.717, 1.165) is 12.0 Å². The maximum absolute atomic E-state index is 14.6. The van der Waals surface area contributed by atoms with Crippen LogP contribution in [0.2, 0.25) is 0 Å². The van der Waals surface area contributed by atoms with Crippen LogP contribution in [0.4, 0.5) is 0 Å². The second kappa shape index (κ2) is 7.14. The van der Waals surface area contributed by atoms with Gasteiger partial charge in [-0.25, -0.2) is 4.79 Å². The average molecular weight is 471 g/mol. The minimum atomic E-state index is -1.76. The minimum Gasteiger partial charge on any atom is -0.451 e. The molecule has 1 heterocycles. The first-order chi connectivity index (χ1) is 15.7. The molecule has 186 valence electrons. The zero-order chi connectivity index (χ0) is 25.0. The maximum Gasteiger partial charge on any atom is 0.334 e. The van der Waals surface area contributed by atoms with Gasteiger partial charge in [0.15, 0.2) is 23.3 Å². The third-order valence-corrected chi connectivity index (χ3v) is 9.65. The number of carbonyl (C=O) groups is 2. The first kappa shape index (κ1) is 24.0. The van der Waals surface area contributed by atoms with Crippen LogP contribution < -0.4 is 0 Å². The van der Waals surface area contributed by atoms with Crippen molar-refractivity contribution in [3.63, 3.8) is 0 Å². The summed E-state index contributed by atoms with van der Waals surface area (Å²) < 4.78 is 18.4. The summed E-state index contributed by atoms with van der Waals surface area (Å²) in [6.45, 7) is 15.8. The summed E-state index contributed by atoms with van der Waals surface area (Å²) in [7, 11) is 0. The molecule has 1 saturated heterocycles. The van der Waals surface area contributed by atoms with Gasteiger partial charge in [0.1, 0.15) is 6.10 Å². The van der Waals surface area contributed by atoms with Gasteiger partial charge >= 0.3 is 5.97 Å². The topological polar surface area (TPSA) is 82.1 Å². The predicted molar refractivity (Wildman–Crippen MR) is 126 cm³/mol. The average Bonchev–Trinajstić information content (AvgIpc) is 3.25. The summed E-state index contributed by atoms with van der Waals surface area (Å²) in [5.74, 6) is -1.30. The van der Waals surface area contributed by atoms with Gasteiger partial charge in [-0.15, -0.1) is 0 Å². The molecule has 3 fully saturated rings. The Balaban J connectivity index is 1.72. The molecule has 1 N–H and O–H groups in total. The number of aliphatic hydroxyl groups is 1. The fourth-order valence-electron chi connectivity index (χ4n) is 7.62. The van der Waals surface area contributed by atoms with E-state index in [2.05, 4.69) is 20.8 Å². The molecule has 5 aliphatic rings. The second-order valence-electron chi connectivity index (χ2n) is 12.2. The Morgan fingerprint density at radius 2 is 1.94 bits per heavy atom. The number of allylic oxidation sites excluding steroid dienone is 2. The number of ether oxygens (including phenoxy) is 3. The molecule has 0 aromatic carbocycles. The number of ketones is 1. The number of esters is 1. The van der Waals surface area contributed by atoms with Crippen LogP contribution in [0.1, 0.15) is 61.8 Å². The molecule has 1 spiro atoms. The summed E-state index contributed by atoms with van der Waals surface area (Å²) in [6.07, 6.45) is 4.62. The summed E-state index contributed by atoms with van der Waals surface area (Å²) in [5, 5.41) is 12.9. The maximum atomic E-state index is 14.6. The number of hydrogen-bond donors (Lipinski definition) is 1. The highest BCUT2D eigenvalue weighted by molar-refractivity contribution is 5.96. The highest BCUT2D eigenvalue weighted by atomic mass is 16.7. The smallest absolute Gasteiger partial charge is 0.334 e. The lowest BCUT2D eigenvalue weighted by Crippen LogP contribution is -2.68. The highest BCUT2D eigenvalue weighted by Gasteiger charge is 2.77. The first-order valence-electron chi connectivity index (χ1n) is 12.5. The van der Waals surface area contributed by atoms with E-state index in [4.69, 9.17) is 14.2 Å². The highest BCUT2D eigenvalue weighted by Crippen LogP contribution is 2.72. The summed E-state index contributed by atoms with van der Waals surface area (Å²) in [6, 6.07) is 0. The van der Waals surface area contributed by atoms with Crippen LogP contribution in [0.15, 0.2) is 34.9 Å². The minimum absolute atomic E-state index is 0.0181. The van der Waals surface area contributed by atoms with E-state index < -0.39 is 35.0 Å². The predicted octanol–water partition coefficient (Wildman–Crippen LogP) is 4.13. The van der Waals surface area contributed by atoms with Crippen molar-refractivity contribution in [2.75, 3.05) is 6.61 Å². The van der Waals surface area contributed by atoms with Crippen molar-refractivity contribution in [2.24, 2.45) is 34.5 Å². The van der Waals surface area contributed by atoms with Crippen molar-refractivity contribution < 1.29 is 28.9 Å². The van der Waals surface area contributed by atoms with Crippen molar-refractivity contribution in [2.45, 2.75) is 85.4 Å². The Labute approximate surface area is 202 Å². The fourth-order valence-corrected chi connectivity index (χ4v) is 7.62. The standard InChI is InChI=1S/C28H38O6/c1-9-14(2)24(30)33-22-15(3)12-27-16(4)10-19-20(25(19,5)6)18(21(27)29)11-17-13-32-26(7,8)34-23(17)28(22,27)31/h9,11-12,16,18-20,22-23,31H,10,13H2,1-8H3/b14-9-/t16-,18+,19-,20+,22?,23-,27+,28?/m1/s1. The van der Waals surface area contributed by atoms with Gasteiger partial charge in [-0.1, -0.05) is 39.0 Å². The lowest BCUT2D eigenvalue weighted by atomic mass is 9.59. The monoisotopic (exact) mass is 470 g/mol. The third-order valence-electron chi connectivity index (χ3n) is 9.65. The number of Topliss-reactive ketones (excluding diaryl/α,β-unsaturated/α-hetero) is 1. The van der Waals surface area contributed by atoms with Crippen LogP contribution in [0.25, 0.3) is 0 Å². The van der Waals surface area contributed by atoms with Gasteiger partial charge in [-0.3, -0.25) is 4.79 Å². The van der Waals surface area contributed by atoms with Crippen LogP contribution in [0.5, 0.6) is 0 Å². The quantitative estimate of drug-likeness (QED) is 0.371. The van der Waals surface area contributed by atoms with E-state index in [1.165, 1.54) is 0 Å². The van der Waals surface area contributed by atoms with Gasteiger partial charge in [0.2, 0.25) is 0 Å². The van der Waals surface area contributed by atoms with Gasteiger partial charge in [-0.2, -0.15) is 0 Å². The van der Waals surface area contributed by atoms with Crippen molar-refractivity contribution >= 4 is 11.8 Å². The third kappa shape index (κ3) is 2.85. The first-order valence-corrected chi connectivity index (χ1v) is 12.5. The largest absolute Gasteiger partial charge is 0.451 e. The summed E-state index contributed by atoms with van der Waals surface area (Å²) in [5.41, 5.74) is -0.994. The number of carbonyl (C=O) groups excluding carboxylic acids is 2. The van der Waals surface area contributed by atoms with E-state index >= 15 is 0 Å². The van der Waals surface area contributed by atoms with Crippen LogP contribution in [-0.2, 0) is 23.8 Å². The summed E-state index contributed by atoms with van der Waals surface area (Å²) >= 11 is 0. The normalized spacial score (nSPS) is 46.1. The van der Waals surface area contributed by atoms with Crippen LogP contribution >= 0.6 is 0 Å². The lowest BCUT2D eigenvalue weighted by Gasteiger charge is -2.52. The van der Waals surface area contributed by atoms with E-state index in [0.29, 0.717) is 17.1 Å². The van der Waals surface area contributed by atoms with Crippen molar-refractivity contribution in [1.29, 1.82) is 0 Å². The van der Waals surface area contributed by atoms with E-state index in [1.54, 1.807) is 19.9 Å². The molecule has 34 heavy (non-hydrogen) atoms. The summed E-state index contributed by atoms with van der Waals surface area (Å²) in [4.78, 5) is 27.5. The Kier molecular flexibility index (Phi) is 5.03. The van der Waals surface area contributed by atoms with Gasteiger partial charge in [-0.05, 0) is 75.4 Å². The molecule has 6 heteroatoms. The molecule has 0 aromatic rings. The van der Waals surface area contributed by atoms with Gasteiger partial charge in [0.25, 0.3) is 0 Å². The molecule has 4 aliphatic carbocycles. The zero-order valence-electron chi connectivity index (χ0n) is 21.6. The molecule has 2 bridgehead atoms. The van der Waals surface area contributed by atoms with Gasteiger partial charge in [0.05, 0.1) is 12.0 Å². The molecule has 6 nitrogen and oxygen atoms in total. The Hall–Kier alpha value is -1.76. The Morgan fingerprint density at radius 1 is 1.26 bits per heavy atom. The van der Waals surface area contributed by atoms with E-state index in [-0.39, 0.29) is 35.6 Å². The molecule has 0 aromatic heterocycles. The van der Waals surface area contributed by atoms with Crippen LogP contribution in [-0.4, -0.2) is 47.1 Å². The number of hydrogen-bond acceptors (Lipinski definition) is 6. The molecular formula is C28H38O6. The number of rotatable bonds is 2. The van der Waals surface area contributed by atoms with Gasteiger partial charge in [0, 0.05) is 11.5 Å². The molecule has 0 amide bonds. The van der Waals surface area contributed by atoms with E-state index in [9.17, 15) is 14.7 Å². The molecule has 8 atom stereocenters. The molecule has 0 radical (unpaired) electrons. The Morgan fingerprint density at radius 3 is 2.59 bits per heavy atom. The lowest BCUT2D eigenvalue weighted by molar-refractivity contribution is -0.303. The van der Waals surface area contributed by atoms with Crippen LogP contribution in [0, 0.1) is 34.5 Å². The Bertz CT molecular complexity index is 1050. The molecule has 1 aliphatic heterocycles. The molecule has 5 rings (SSSR count). The SMILES string of the molecule is C/C=C(/C)C(=O)OC1C(C)=C[C@]23C(=O)[C@@H](C=C4COC(C)(C)O[C@H]4C12O)[C@H]1[C@@H](C[C@H]3C)C1(C)C. The second-order valence-corrected chi connectivity index (χ2v) is 12.2. The fraction of sp³-hybridized carbons (Fsp3) is 0.714. The van der Waals surface area contributed by atoms with Crippen LogP contribution in [0.3, 0.4) is 0 Å². The van der Waals surface area contributed by atoms with Crippen molar-refractivity contribution in [1.82, 2.24) is 0 Å². The van der Waals surface area contributed by atoms with E-state index in [1.807, 2.05) is 32.9 Å².